The zero-order valence-electron chi connectivity index (χ0n) is 10.6. The van der Waals surface area contributed by atoms with Crippen molar-refractivity contribution in [1.29, 1.82) is 0 Å². The van der Waals surface area contributed by atoms with Crippen molar-refractivity contribution in [3.05, 3.63) is 35.4 Å². The normalized spacial score (nSPS) is 14.8. The Balaban J connectivity index is 2.69. The van der Waals surface area contributed by atoms with E-state index in [0.717, 1.165) is 19.4 Å². The molecule has 0 aliphatic carbocycles. The van der Waals surface area contributed by atoms with Gasteiger partial charge in [-0.15, -0.1) is 0 Å². The van der Waals surface area contributed by atoms with E-state index in [4.69, 9.17) is 10.5 Å². The number of hydrogen-bond donors (Lipinski definition) is 1. The smallest absolute Gasteiger partial charge is 0.0973 e. The van der Waals surface area contributed by atoms with Gasteiger partial charge in [0, 0.05) is 12.6 Å². The molecule has 2 unspecified atom stereocenters. The lowest BCUT2D eigenvalue weighted by molar-refractivity contribution is 0.0365. The molecule has 16 heavy (non-hydrogen) atoms. The van der Waals surface area contributed by atoms with Crippen molar-refractivity contribution < 1.29 is 4.74 Å². The van der Waals surface area contributed by atoms with Crippen molar-refractivity contribution in [3.63, 3.8) is 0 Å². The lowest BCUT2D eigenvalue weighted by atomic mass is 10.0. The van der Waals surface area contributed by atoms with Crippen LogP contribution in [0.25, 0.3) is 0 Å². The van der Waals surface area contributed by atoms with Gasteiger partial charge in [-0.05, 0) is 25.8 Å². The Kier molecular flexibility index (Phi) is 5.50. The van der Waals surface area contributed by atoms with Gasteiger partial charge in [0.2, 0.25) is 0 Å². The Hall–Kier alpha value is -0.860. The van der Waals surface area contributed by atoms with Crippen molar-refractivity contribution in [3.8, 4) is 0 Å². The summed E-state index contributed by atoms with van der Waals surface area (Å²) in [7, 11) is 0. The number of nitrogens with two attached hydrogens (primary N) is 1. The average molecular weight is 221 g/mol. The maximum absolute atomic E-state index is 5.98. The predicted octanol–water partition coefficient (Wildman–Crippen LogP) is 3.20. The van der Waals surface area contributed by atoms with Crippen molar-refractivity contribution >= 4 is 0 Å². The molecule has 1 aromatic carbocycles. The summed E-state index contributed by atoms with van der Waals surface area (Å²) in [5.74, 6) is 0. The SMILES string of the molecule is CCCCOC(c1cccc(C)c1)C(C)N. The summed E-state index contributed by atoms with van der Waals surface area (Å²) in [6, 6.07) is 8.42. The van der Waals surface area contributed by atoms with Crippen LogP contribution < -0.4 is 5.73 Å². The molecule has 0 heterocycles. The van der Waals surface area contributed by atoms with E-state index in [1.165, 1.54) is 11.1 Å². The maximum atomic E-state index is 5.98. The van der Waals surface area contributed by atoms with Crippen LogP contribution in [0.3, 0.4) is 0 Å². The van der Waals surface area contributed by atoms with E-state index in [9.17, 15) is 0 Å². The second kappa shape index (κ2) is 6.66. The van der Waals surface area contributed by atoms with Crippen LogP contribution in [-0.4, -0.2) is 12.6 Å². The predicted molar refractivity (Wildman–Crippen MR) is 68.4 cm³/mol. The summed E-state index contributed by atoms with van der Waals surface area (Å²) in [4.78, 5) is 0. The van der Waals surface area contributed by atoms with Crippen LogP contribution in [0.2, 0.25) is 0 Å². The third-order valence-corrected chi connectivity index (χ3v) is 2.64. The zero-order chi connectivity index (χ0) is 12.0. The molecule has 0 bridgehead atoms. The molecule has 1 aromatic rings. The largest absolute Gasteiger partial charge is 0.372 e. The summed E-state index contributed by atoms with van der Waals surface area (Å²) >= 11 is 0. The van der Waals surface area contributed by atoms with Gasteiger partial charge < -0.3 is 10.5 Å². The number of benzene rings is 1. The molecule has 0 amide bonds. The highest BCUT2D eigenvalue weighted by Gasteiger charge is 2.16. The fourth-order valence-corrected chi connectivity index (χ4v) is 1.75. The van der Waals surface area contributed by atoms with Crippen molar-refractivity contribution in [1.82, 2.24) is 0 Å². The van der Waals surface area contributed by atoms with Gasteiger partial charge in [0.05, 0.1) is 6.10 Å². The van der Waals surface area contributed by atoms with Crippen LogP contribution in [0.5, 0.6) is 0 Å². The number of unbranched alkanes of at least 4 members (excludes halogenated alkanes) is 1. The minimum Gasteiger partial charge on any atom is -0.372 e. The quantitative estimate of drug-likeness (QED) is 0.749. The Bertz CT molecular complexity index is 309. The number of ether oxygens (including phenoxy) is 1. The topological polar surface area (TPSA) is 35.2 Å². The highest BCUT2D eigenvalue weighted by Crippen LogP contribution is 2.21. The molecule has 0 saturated carbocycles. The zero-order valence-corrected chi connectivity index (χ0v) is 10.6. The van der Waals surface area contributed by atoms with Gasteiger partial charge >= 0.3 is 0 Å². The van der Waals surface area contributed by atoms with E-state index >= 15 is 0 Å². The molecular weight excluding hydrogens is 198 g/mol. The Morgan fingerprint density at radius 1 is 1.38 bits per heavy atom. The van der Waals surface area contributed by atoms with Gasteiger partial charge in [-0.1, -0.05) is 43.2 Å². The Labute approximate surface area is 98.8 Å². The van der Waals surface area contributed by atoms with Crippen LogP contribution in [0, 0.1) is 6.92 Å². The van der Waals surface area contributed by atoms with Gasteiger partial charge in [-0.2, -0.15) is 0 Å². The third kappa shape index (κ3) is 3.95. The van der Waals surface area contributed by atoms with Crippen LogP contribution in [-0.2, 0) is 4.74 Å². The molecule has 90 valence electrons. The van der Waals surface area contributed by atoms with Crippen molar-refractivity contribution in [2.45, 2.75) is 45.8 Å². The van der Waals surface area contributed by atoms with E-state index in [1.807, 2.05) is 6.92 Å². The fraction of sp³-hybridized carbons (Fsp3) is 0.571. The molecule has 0 saturated heterocycles. The molecule has 2 atom stereocenters. The monoisotopic (exact) mass is 221 g/mol. The molecule has 0 aliphatic heterocycles. The molecule has 0 radical (unpaired) electrons. The fourth-order valence-electron chi connectivity index (χ4n) is 1.75. The second-order valence-corrected chi connectivity index (χ2v) is 4.42. The summed E-state index contributed by atoms with van der Waals surface area (Å²) in [5, 5.41) is 0. The average Bonchev–Trinajstić information content (AvgIpc) is 2.24. The highest BCUT2D eigenvalue weighted by molar-refractivity contribution is 5.25. The first kappa shape index (κ1) is 13.2. The molecule has 1 rings (SSSR count). The van der Waals surface area contributed by atoms with E-state index < -0.39 is 0 Å². The molecule has 0 aliphatic rings. The number of rotatable bonds is 6. The van der Waals surface area contributed by atoms with E-state index in [-0.39, 0.29) is 12.1 Å². The summed E-state index contributed by atoms with van der Waals surface area (Å²) in [5.41, 5.74) is 8.41. The summed E-state index contributed by atoms with van der Waals surface area (Å²) in [6.07, 6.45) is 2.26. The molecule has 0 spiro atoms. The highest BCUT2D eigenvalue weighted by atomic mass is 16.5. The standard InChI is InChI=1S/C14H23NO/c1-4-5-9-16-14(12(3)15)13-8-6-7-11(2)10-13/h6-8,10,12,14H,4-5,9,15H2,1-3H3. The number of hydrogen-bond acceptors (Lipinski definition) is 2. The molecule has 2 N–H and O–H groups in total. The summed E-state index contributed by atoms with van der Waals surface area (Å²) < 4.78 is 5.86. The Morgan fingerprint density at radius 2 is 2.12 bits per heavy atom. The minimum absolute atomic E-state index is 0.0199. The lowest BCUT2D eigenvalue weighted by Gasteiger charge is -2.22. The van der Waals surface area contributed by atoms with Gasteiger partial charge in [0.1, 0.15) is 0 Å². The van der Waals surface area contributed by atoms with Gasteiger partial charge in [-0.25, -0.2) is 0 Å². The van der Waals surface area contributed by atoms with Crippen LogP contribution >= 0.6 is 0 Å². The molecule has 0 fully saturated rings. The van der Waals surface area contributed by atoms with Crippen molar-refractivity contribution in [2.75, 3.05) is 6.61 Å². The maximum Gasteiger partial charge on any atom is 0.0973 e. The van der Waals surface area contributed by atoms with E-state index in [2.05, 4.69) is 38.1 Å². The van der Waals surface area contributed by atoms with E-state index in [1.54, 1.807) is 0 Å². The van der Waals surface area contributed by atoms with Gasteiger partial charge in [0.15, 0.2) is 0 Å². The molecule has 2 nitrogen and oxygen atoms in total. The van der Waals surface area contributed by atoms with Crippen LogP contribution in [0.15, 0.2) is 24.3 Å². The van der Waals surface area contributed by atoms with Crippen LogP contribution in [0.4, 0.5) is 0 Å². The molecule has 2 heteroatoms. The molecular formula is C14H23NO. The molecule has 0 aromatic heterocycles. The Morgan fingerprint density at radius 3 is 2.69 bits per heavy atom. The third-order valence-electron chi connectivity index (χ3n) is 2.64. The van der Waals surface area contributed by atoms with E-state index in [0.29, 0.717) is 0 Å². The first-order valence-electron chi connectivity index (χ1n) is 6.09. The van der Waals surface area contributed by atoms with Crippen molar-refractivity contribution in [2.24, 2.45) is 5.73 Å². The van der Waals surface area contributed by atoms with Gasteiger partial charge in [0.25, 0.3) is 0 Å². The second-order valence-electron chi connectivity index (χ2n) is 4.42. The number of aryl methyl sites for hydroxylation is 1. The van der Waals surface area contributed by atoms with Crippen LogP contribution in [0.1, 0.15) is 43.9 Å². The minimum atomic E-state index is 0.0199. The first-order chi connectivity index (χ1) is 7.65. The first-order valence-corrected chi connectivity index (χ1v) is 6.09. The lowest BCUT2D eigenvalue weighted by Crippen LogP contribution is -2.27. The summed E-state index contributed by atoms with van der Waals surface area (Å²) in [6.45, 7) is 7.04. The van der Waals surface area contributed by atoms with Gasteiger partial charge in [-0.3, -0.25) is 0 Å².